The smallest absolute Gasteiger partial charge is 0.398 e. The number of fused-ring (bicyclic) bond motifs is 3. The van der Waals surface area contributed by atoms with Gasteiger partial charge >= 0.3 is 7.12 Å². The second kappa shape index (κ2) is 38.4. The lowest BCUT2D eigenvalue weighted by molar-refractivity contribution is 0.00578. The van der Waals surface area contributed by atoms with Crippen LogP contribution >= 0.6 is 55.9 Å². The van der Waals surface area contributed by atoms with E-state index in [4.69, 9.17) is 58.1 Å². The van der Waals surface area contributed by atoms with E-state index in [1.54, 1.807) is 18.5 Å². The monoisotopic (exact) mass is 1380 g/mol. The first-order valence-corrected chi connectivity index (χ1v) is 31.3. The van der Waals surface area contributed by atoms with Gasteiger partial charge in [0.15, 0.2) is 0 Å². The molecule has 4 fully saturated rings. The zero-order valence-electron chi connectivity index (χ0n) is 49.9. The Balaban J connectivity index is 0.000000293. The van der Waals surface area contributed by atoms with E-state index in [2.05, 4.69) is 96.0 Å². The maximum Gasteiger partial charge on any atom is 0.513 e. The highest BCUT2D eigenvalue weighted by Crippen LogP contribution is 2.37. The number of aromatic nitrogens is 7. The number of hydrogen-bond acceptors (Lipinski definition) is 16. The number of nitrogen functional groups attached to an aromatic ring is 3. The molecular formula is C65H98BBr2Cl2N13O5. The summed E-state index contributed by atoms with van der Waals surface area (Å²) in [6.45, 7) is 20.4. The van der Waals surface area contributed by atoms with Crippen molar-refractivity contribution in [3.8, 4) is 11.3 Å². The third kappa shape index (κ3) is 22.9. The number of hydrogen-bond donors (Lipinski definition) is 8. The van der Waals surface area contributed by atoms with Gasteiger partial charge in [-0.3, -0.25) is 10.2 Å². The fourth-order valence-corrected chi connectivity index (χ4v) is 11.0. The predicted octanol–water partition coefficient (Wildman–Crippen LogP) is 15.3. The van der Waals surface area contributed by atoms with Crippen LogP contribution in [-0.2, 0) is 23.5 Å². The van der Waals surface area contributed by atoms with Gasteiger partial charge in [-0.2, -0.15) is 10.2 Å². The maximum absolute atomic E-state index is 6.02. The molecule has 0 spiro atoms. The fraction of sp³-hybridized carbons (Fsp3) is 0.492. The molecule has 0 saturated carbocycles. The summed E-state index contributed by atoms with van der Waals surface area (Å²) < 4.78 is 29.6. The number of halogens is 4. The molecule has 0 amide bonds. The molecule has 4 aliphatic heterocycles. The van der Waals surface area contributed by atoms with Crippen molar-refractivity contribution in [2.75, 3.05) is 87.1 Å². The van der Waals surface area contributed by atoms with Gasteiger partial charge in [-0.15, -0.1) is 12.4 Å². The van der Waals surface area contributed by atoms with Crippen molar-refractivity contribution in [1.29, 1.82) is 0 Å². The van der Waals surface area contributed by atoms with Gasteiger partial charge in [-0.1, -0.05) is 97.8 Å². The summed E-state index contributed by atoms with van der Waals surface area (Å²) in [5.74, 6) is 3.89. The lowest BCUT2D eigenvalue weighted by atomic mass is 9.85. The predicted molar refractivity (Wildman–Crippen MR) is 380 cm³/mol. The third-order valence-corrected chi connectivity index (χ3v) is 16.8. The first kappa shape index (κ1) is 76.9. The lowest BCUT2D eigenvalue weighted by Gasteiger charge is -2.32. The molecule has 23 heteroatoms. The number of nitrogens with two attached hydrogens (primary N) is 4. The molecule has 8 aromatic rings. The molecule has 4 saturated heterocycles. The number of nitrogens with zero attached hydrogens (tertiary/aromatic N) is 5. The molecule has 12 N–H and O–H groups in total. The number of ether oxygens (including phenoxy) is 3. The number of anilines is 5. The van der Waals surface area contributed by atoms with Crippen molar-refractivity contribution in [3.63, 3.8) is 0 Å². The molecule has 0 bridgehead atoms. The van der Waals surface area contributed by atoms with Crippen molar-refractivity contribution >= 4 is 130 Å². The summed E-state index contributed by atoms with van der Waals surface area (Å²) in [5, 5.41) is 24.5. The minimum atomic E-state index is -0.331. The van der Waals surface area contributed by atoms with Gasteiger partial charge in [0.05, 0.1) is 44.1 Å². The Bertz CT molecular complexity index is 3230. The van der Waals surface area contributed by atoms with Gasteiger partial charge < -0.3 is 57.1 Å². The minimum absolute atomic E-state index is 0. The second-order valence-corrected chi connectivity index (χ2v) is 24.3. The lowest BCUT2D eigenvalue weighted by Crippen LogP contribution is -2.41. The van der Waals surface area contributed by atoms with Crippen LogP contribution in [-0.4, -0.2) is 113 Å². The van der Waals surface area contributed by atoms with Crippen molar-refractivity contribution in [2.45, 2.75) is 133 Å². The molecule has 4 aliphatic rings. The Kier molecular flexibility index (Phi) is 33.6. The summed E-state index contributed by atoms with van der Waals surface area (Å²) in [6, 6.07) is 27.3. The Morgan fingerprint density at radius 3 is 1.41 bits per heavy atom. The first-order valence-electron chi connectivity index (χ1n) is 29.4. The number of benzene rings is 3. The number of pyridine rings is 3. The number of aromatic amines is 2. The van der Waals surface area contributed by atoms with E-state index in [9.17, 15) is 0 Å². The van der Waals surface area contributed by atoms with Crippen molar-refractivity contribution in [2.24, 2.45) is 23.5 Å². The molecule has 3 aromatic carbocycles. The largest absolute Gasteiger partial charge is 0.513 e. The molecule has 18 nitrogen and oxygen atoms in total. The normalized spacial score (nSPS) is 16.0. The molecule has 484 valence electrons. The Morgan fingerprint density at radius 1 is 0.557 bits per heavy atom. The Labute approximate surface area is 551 Å². The summed E-state index contributed by atoms with van der Waals surface area (Å²) in [4.78, 5) is 13.0. The highest BCUT2D eigenvalue weighted by molar-refractivity contribution is 9.10. The van der Waals surface area contributed by atoms with Crippen LogP contribution in [0.5, 0.6) is 0 Å². The zero-order valence-corrected chi connectivity index (χ0v) is 54.6. The summed E-state index contributed by atoms with van der Waals surface area (Å²) >= 11 is 12.8. The van der Waals surface area contributed by atoms with E-state index in [0.29, 0.717) is 22.5 Å². The quantitative estimate of drug-likeness (QED) is 0.0528. The van der Waals surface area contributed by atoms with Crippen molar-refractivity contribution in [1.82, 2.24) is 35.3 Å². The average Bonchev–Trinajstić information content (AvgIpc) is 4.04. The number of H-pyrrole nitrogens is 2. The van der Waals surface area contributed by atoms with E-state index < -0.39 is 0 Å². The van der Waals surface area contributed by atoms with Crippen molar-refractivity contribution in [3.05, 3.63) is 111 Å². The van der Waals surface area contributed by atoms with Gasteiger partial charge in [-0.05, 0) is 164 Å². The molecular weight excluding hydrogens is 1280 g/mol. The van der Waals surface area contributed by atoms with Gasteiger partial charge in [0.1, 0.15) is 17.5 Å². The standard InChI is InChI=1S/C19H23N5O.C16H20BrN3O.C9H15BN2O2.C9H6BrClN2.C7H15NO.C2H6.3CH4.ClH/c20-19-12-17(21-7-3-13-5-9-25-10-6-13)15-2-1-14(11-18(15)23-19)16-4-8-22-24-16;17-12-1-2-13-14(10-16(18)20-15(13)9-12)19-6-3-11-4-7-21-8-5-11;1-8(2)9(3,4)14-10(13-8)7-5-6-11-12-7;10-5-1-2-6-7(11)4-9(12)13-8(6)3-5;8-4-1-7-2-5-9-6-3-7;1-2;;;;/h1-2,4,8,11-13H,3,5-7,9-10H2,(H,22,24)(H3,20,21,23);1-2,9-11H,3-8H2,(H3,18,19,20);5-6H,1-4H3,(H,11,12);1-4H,(H2,12,13);7H,1-6,8H2;1-2H3;3*1H4;1H. The van der Waals surface area contributed by atoms with E-state index in [1.807, 2.05) is 102 Å². The molecule has 88 heavy (non-hydrogen) atoms. The average molecular weight is 1380 g/mol. The molecule has 0 atom stereocenters. The Morgan fingerprint density at radius 2 is 0.966 bits per heavy atom. The van der Waals surface area contributed by atoms with Crippen LogP contribution < -0.4 is 39.2 Å². The fourth-order valence-electron chi connectivity index (χ4n) is 10.1. The Hall–Kier alpha value is -5.33. The van der Waals surface area contributed by atoms with E-state index in [0.717, 1.165) is 166 Å². The summed E-state index contributed by atoms with van der Waals surface area (Å²) in [6.07, 6.45) is 14.1. The highest BCUT2D eigenvalue weighted by atomic mass is 79.9. The van der Waals surface area contributed by atoms with E-state index in [-0.39, 0.29) is 53.0 Å². The highest BCUT2D eigenvalue weighted by Gasteiger charge is 2.52. The van der Waals surface area contributed by atoms with Crippen LogP contribution in [0, 0.1) is 17.8 Å². The maximum atomic E-state index is 6.02. The van der Waals surface area contributed by atoms with Crippen LogP contribution in [0.4, 0.5) is 28.8 Å². The second-order valence-electron chi connectivity index (χ2n) is 22.0. The SMILES string of the molecule is C.C.C.CC.CC1(C)OB(c2ccn[nH]2)OC1(C)C.Cl.NCCC1CCOCC1.Nc1cc(Cl)c2ccc(Br)cc2n1.Nc1cc(NCCC2CCOCC2)c2ccc(-c3ccn[nH]3)cc2n1.Nc1cc(NCCC2CCOCC2)c2ccc(Br)cc2n1. The van der Waals surface area contributed by atoms with Crippen LogP contribution in [0.3, 0.4) is 0 Å². The van der Waals surface area contributed by atoms with E-state index in [1.165, 1.54) is 38.5 Å². The molecule has 0 aliphatic carbocycles. The third-order valence-electron chi connectivity index (χ3n) is 15.5. The van der Waals surface area contributed by atoms with Gasteiger partial charge in [0.2, 0.25) is 0 Å². The van der Waals surface area contributed by atoms with Gasteiger partial charge in [0.25, 0.3) is 0 Å². The molecule has 0 radical (unpaired) electrons. The number of nitrogens with one attached hydrogen (secondary N) is 4. The topological polar surface area (TPSA) is 270 Å². The molecule has 12 rings (SSSR count). The first-order chi connectivity index (χ1) is 40.5. The van der Waals surface area contributed by atoms with Crippen LogP contribution in [0.15, 0.2) is 106 Å². The van der Waals surface area contributed by atoms with E-state index >= 15 is 0 Å². The minimum Gasteiger partial charge on any atom is -0.398 e. The molecule has 9 heterocycles. The number of rotatable bonds is 12. The zero-order chi connectivity index (χ0) is 60.1. The summed E-state index contributed by atoms with van der Waals surface area (Å²) in [5.41, 5.74) is 29.9. The van der Waals surface area contributed by atoms with Crippen LogP contribution in [0.1, 0.15) is 122 Å². The van der Waals surface area contributed by atoms with Gasteiger partial charge in [0, 0.05) is 119 Å². The molecule has 0 unspecified atom stereocenters. The summed E-state index contributed by atoms with van der Waals surface area (Å²) in [7, 11) is -0.331. The van der Waals surface area contributed by atoms with Crippen LogP contribution in [0.2, 0.25) is 5.02 Å². The van der Waals surface area contributed by atoms with Gasteiger partial charge in [-0.25, -0.2) is 15.0 Å². The van der Waals surface area contributed by atoms with Crippen molar-refractivity contribution < 1.29 is 23.5 Å². The molecule has 5 aromatic heterocycles. The van der Waals surface area contributed by atoms with Crippen LogP contribution in [0.25, 0.3) is 44.0 Å².